The molecule has 1 unspecified atom stereocenters. The minimum absolute atomic E-state index is 0.617. The molecule has 3 rings (SSSR count). The summed E-state index contributed by atoms with van der Waals surface area (Å²) in [5.74, 6) is 1.55. The highest BCUT2D eigenvalue weighted by Gasteiger charge is 2.23. The van der Waals surface area contributed by atoms with Gasteiger partial charge in [-0.15, -0.1) is 0 Å². The largest absolute Gasteiger partial charge is 0.303 e. The number of piperidine rings is 2. The van der Waals surface area contributed by atoms with Gasteiger partial charge in [0.2, 0.25) is 0 Å². The van der Waals surface area contributed by atoms with Crippen molar-refractivity contribution in [1.29, 1.82) is 0 Å². The highest BCUT2D eigenvalue weighted by molar-refractivity contribution is 9.10. The summed E-state index contributed by atoms with van der Waals surface area (Å²) in [4.78, 5) is 5.40. The van der Waals surface area contributed by atoms with Crippen molar-refractivity contribution in [2.24, 2.45) is 5.92 Å². The Balaban J connectivity index is 1.42. The van der Waals surface area contributed by atoms with Crippen molar-refractivity contribution in [3.8, 4) is 0 Å². The van der Waals surface area contributed by atoms with E-state index >= 15 is 0 Å². The summed E-state index contributed by atoms with van der Waals surface area (Å²) < 4.78 is 1.20. The molecule has 2 aliphatic rings. The number of benzene rings is 1. The summed E-state index contributed by atoms with van der Waals surface area (Å²) in [5, 5.41) is 0. The third-order valence-corrected chi connectivity index (χ3v) is 6.12. The maximum atomic E-state index is 3.59. The van der Waals surface area contributed by atoms with Crippen molar-refractivity contribution in [3.63, 3.8) is 0 Å². The van der Waals surface area contributed by atoms with Crippen LogP contribution < -0.4 is 0 Å². The first-order valence-corrected chi connectivity index (χ1v) is 10.2. The van der Waals surface area contributed by atoms with Gasteiger partial charge in [-0.05, 0) is 81.4 Å². The third-order valence-electron chi connectivity index (χ3n) is 5.62. The van der Waals surface area contributed by atoms with Crippen LogP contribution >= 0.6 is 15.9 Å². The van der Waals surface area contributed by atoms with Crippen molar-refractivity contribution >= 4 is 15.9 Å². The van der Waals surface area contributed by atoms with Crippen LogP contribution in [-0.4, -0.2) is 49.1 Å². The van der Waals surface area contributed by atoms with Gasteiger partial charge in [0.05, 0.1) is 0 Å². The lowest BCUT2D eigenvalue weighted by atomic mass is 9.93. The molecule has 0 N–H and O–H groups in total. The Morgan fingerprint density at radius 3 is 2.48 bits per heavy atom. The minimum Gasteiger partial charge on any atom is -0.303 e. The van der Waals surface area contributed by atoms with Crippen LogP contribution in [0.3, 0.4) is 0 Å². The normalized spacial score (nSPS) is 23.0. The molecule has 23 heavy (non-hydrogen) atoms. The lowest BCUT2D eigenvalue weighted by Gasteiger charge is -2.37. The van der Waals surface area contributed by atoms with Crippen molar-refractivity contribution in [3.05, 3.63) is 34.3 Å². The summed E-state index contributed by atoms with van der Waals surface area (Å²) in [6.45, 7) is 10.2. The first kappa shape index (κ1) is 17.4. The molecule has 0 aliphatic carbocycles. The van der Waals surface area contributed by atoms with Gasteiger partial charge in [0.1, 0.15) is 0 Å². The molecule has 0 saturated carbocycles. The van der Waals surface area contributed by atoms with Crippen molar-refractivity contribution < 1.29 is 0 Å². The quantitative estimate of drug-likeness (QED) is 0.729. The van der Waals surface area contributed by atoms with Gasteiger partial charge in [-0.25, -0.2) is 0 Å². The predicted molar refractivity (Wildman–Crippen MR) is 102 cm³/mol. The maximum Gasteiger partial charge on any atom is 0.0178 e. The molecule has 0 amide bonds. The third kappa shape index (κ3) is 5.30. The summed E-state index contributed by atoms with van der Waals surface area (Å²) >= 11 is 3.59. The lowest BCUT2D eigenvalue weighted by molar-refractivity contribution is 0.129. The predicted octanol–water partition coefficient (Wildman–Crippen LogP) is 4.75. The summed E-state index contributed by atoms with van der Waals surface area (Å²) in [6.07, 6.45) is 7.07. The van der Waals surface area contributed by atoms with E-state index in [1.54, 1.807) is 0 Å². The number of hydrogen-bond acceptors (Lipinski definition) is 2. The van der Waals surface area contributed by atoms with Crippen LogP contribution in [0.25, 0.3) is 0 Å². The molecule has 2 fully saturated rings. The molecule has 1 aromatic carbocycles. The first-order valence-electron chi connectivity index (χ1n) is 9.41. The summed E-state index contributed by atoms with van der Waals surface area (Å²) in [5.41, 5.74) is 1.45. The van der Waals surface area contributed by atoms with Gasteiger partial charge in [0.15, 0.2) is 0 Å². The Morgan fingerprint density at radius 1 is 1.04 bits per heavy atom. The Morgan fingerprint density at radius 2 is 1.78 bits per heavy atom. The molecule has 0 spiro atoms. The van der Waals surface area contributed by atoms with Crippen molar-refractivity contribution in [2.75, 3.05) is 39.3 Å². The number of likely N-dealkylation sites (tertiary alicyclic amines) is 2. The van der Waals surface area contributed by atoms with Gasteiger partial charge in [-0.1, -0.05) is 41.4 Å². The molecule has 0 bridgehead atoms. The molecule has 2 aliphatic heterocycles. The molecule has 1 atom stereocenters. The van der Waals surface area contributed by atoms with Crippen LogP contribution in [0, 0.1) is 5.92 Å². The van der Waals surface area contributed by atoms with E-state index in [-0.39, 0.29) is 0 Å². The molecule has 2 nitrogen and oxygen atoms in total. The van der Waals surface area contributed by atoms with Gasteiger partial charge in [0, 0.05) is 17.6 Å². The van der Waals surface area contributed by atoms with Gasteiger partial charge >= 0.3 is 0 Å². The fraction of sp³-hybridized carbons (Fsp3) is 0.700. The second-order valence-electron chi connectivity index (χ2n) is 7.56. The molecule has 2 saturated heterocycles. The first-order chi connectivity index (χ1) is 11.2. The number of hydrogen-bond donors (Lipinski definition) is 0. The van der Waals surface area contributed by atoms with E-state index in [9.17, 15) is 0 Å². The van der Waals surface area contributed by atoms with Gasteiger partial charge < -0.3 is 9.80 Å². The van der Waals surface area contributed by atoms with E-state index in [2.05, 4.69) is 56.9 Å². The smallest absolute Gasteiger partial charge is 0.0178 e. The monoisotopic (exact) mass is 378 g/mol. The number of nitrogens with zero attached hydrogens (tertiary/aromatic N) is 2. The van der Waals surface area contributed by atoms with E-state index in [0.29, 0.717) is 5.92 Å². The summed E-state index contributed by atoms with van der Waals surface area (Å²) in [7, 11) is 0. The molecule has 0 aromatic heterocycles. The van der Waals surface area contributed by atoms with Crippen LogP contribution in [0.5, 0.6) is 0 Å². The fourth-order valence-electron chi connectivity index (χ4n) is 4.16. The van der Waals surface area contributed by atoms with Crippen LogP contribution in [-0.2, 0) is 0 Å². The Labute approximate surface area is 150 Å². The molecule has 3 heteroatoms. The topological polar surface area (TPSA) is 6.48 Å². The average molecular weight is 379 g/mol. The highest BCUT2D eigenvalue weighted by Crippen LogP contribution is 2.24. The standard InChI is InChI=1S/C20H31BrN2/c1-17(19-6-5-7-20(21)14-19)15-23-12-8-18(9-13-23)16-22-10-3-2-4-11-22/h5-7,14,17-18H,2-4,8-13,15-16H2,1H3. The molecule has 2 heterocycles. The average Bonchev–Trinajstić information content (AvgIpc) is 2.57. The second kappa shape index (κ2) is 8.64. The number of halogens is 1. The zero-order valence-corrected chi connectivity index (χ0v) is 16.1. The van der Waals surface area contributed by atoms with Crippen LogP contribution in [0.1, 0.15) is 50.5 Å². The molecule has 0 radical (unpaired) electrons. The Bertz CT molecular complexity index is 476. The van der Waals surface area contributed by atoms with Crippen LogP contribution in [0.15, 0.2) is 28.7 Å². The minimum atomic E-state index is 0.617. The van der Waals surface area contributed by atoms with Gasteiger partial charge in [-0.3, -0.25) is 0 Å². The van der Waals surface area contributed by atoms with E-state index in [0.717, 1.165) is 5.92 Å². The van der Waals surface area contributed by atoms with Crippen molar-refractivity contribution in [1.82, 2.24) is 9.80 Å². The van der Waals surface area contributed by atoms with E-state index < -0.39 is 0 Å². The van der Waals surface area contributed by atoms with Crippen molar-refractivity contribution in [2.45, 2.75) is 44.9 Å². The van der Waals surface area contributed by atoms with Crippen LogP contribution in [0.4, 0.5) is 0 Å². The zero-order valence-electron chi connectivity index (χ0n) is 14.5. The molecule has 1 aromatic rings. The van der Waals surface area contributed by atoms with E-state index in [1.165, 1.54) is 81.4 Å². The Kier molecular flexibility index (Phi) is 6.55. The van der Waals surface area contributed by atoms with E-state index in [4.69, 9.17) is 0 Å². The Hall–Kier alpha value is -0.380. The summed E-state index contributed by atoms with van der Waals surface area (Å²) in [6, 6.07) is 8.80. The fourth-order valence-corrected chi connectivity index (χ4v) is 4.58. The lowest BCUT2D eigenvalue weighted by Crippen LogP contribution is -2.41. The van der Waals surface area contributed by atoms with Gasteiger partial charge in [-0.2, -0.15) is 0 Å². The molecular weight excluding hydrogens is 348 g/mol. The SMILES string of the molecule is CC(CN1CCC(CN2CCCCC2)CC1)c1cccc(Br)c1. The van der Waals surface area contributed by atoms with Crippen LogP contribution in [0.2, 0.25) is 0 Å². The van der Waals surface area contributed by atoms with Gasteiger partial charge in [0.25, 0.3) is 0 Å². The highest BCUT2D eigenvalue weighted by atomic mass is 79.9. The second-order valence-corrected chi connectivity index (χ2v) is 8.48. The molecular formula is C20H31BrN2. The molecule has 128 valence electrons. The maximum absolute atomic E-state index is 3.59. The van der Waals surface area contributed by atoms with E-state index in [1.807, 2.05) is 0 Å². The zero-order chi connectivity index (χ0) is 16.1. The number of rotatable bonds is 5.